The number of para-hydroxylation sites is 1. The Morgan fingerprint density at radius 1 is 0.895 bits per heavy atom. The molecule has 0 aliphatic carbocycles. The van der Waals surface area contributed by atoms with Gasteiger partial charge in [-0.3, -0.25) is 9.10 Å². The molecule has 0 aliphatic heterocycles. The summed E-state index contributed by atoms with van der Waals surface area (Å²) in [6, 6.07) is 23.7. The van der Waals surface area contributed by atoms with Crippen LogP contribution in [0.4, 0.5) is 5.69 Å². The number of nitrogens with one attached hydrogen (secondary N) is 1. The van der Waals surface area contributed by atoms with Crippen LogP contribution in [-0.2, 0) is 14.8 Å². The molecule has 0 spiro atoms. The van der Waals surface area contributed by atoms with E-state index in [1.54, 1.807) is 48.7 Å². The molecule has 1 aromatic heterocycles. The van der Waals surface area contributed by atoms with Crippen LogP contribution in [-0.4, -0.2) is 31.7 Å². The van der Waals surface area contributed by atoms with E-state index in [1.807, 2.05) is 52.0 Å². The van der Waals surface area contributed by atoms with Gasteiger partial charge in [-0.2, -0.15) is 5.10 Å². The fourth-order valence-corrected chi connectivity index (χ4v) is 5.79. The number of hydrogen-bond donors (Lipinski definition) is 1. The fourth-order valence-electron chi connectivity index (χ4n) is 4.38. The summed E-state index contributed by atoms with van der Waals surface area (Å²) in [4.78, 5) is 13.0. The van der Waals surface area contributed by atoms with E-state index in [1.165, 1.54) is 0 Å². The molecule has 8 heteroatoms. The van der Waals surface area contributed by atoms with Crippen molar-refractivity contribution in [2.24, 2.45) is 5.10 Å². The molecule has 0 saturated heterocycles. The summed E-state index contributed by atoms with van der Waals surface area (Å²) in [6.45, 7) is 9.42. The second-order valence-corrected chi connectivity index (χ2v) is 11.3. The van der Waals surface area contributed by atoms with Gasteiger partial charge in [0, 0.05) is 22.6 Å². The van der Waals surface area contributed by atoms with Crippen molar-refractivity contribution >= 4 is 27.8 Å². The molecule has 0 radical (unpaired) electrons. The van der Waals surface area contributed by atoms with E-state index in [-0.39, 0.29) is 4.90 Å². The van der Waals surface area contributed by atoms with Gasteiger partial charge in [0.25, 0.3) is 15.9 Å². The van der Waals surface area contributed by atoms with Gasteiger partial charge in [-0.05, 0) is 82.1 Å². The molecule has 1 amide bonds. The molecule has 1 N–H and O–H groups in total. The number of hydrogen-bond acceptors (Lipinski definition) is 4. The molecule has 4 rings (SSSR count). The topological polar surface area (TPSA) is 83.8 Å². The minimum Gasteiger partial charge on any atom is -0.318 e. The van der Waals surface area contributed by atoms with Gasteiger partial charge in [-0.15, -0.1) is 0 Å². The minimum absolute atomic E-state index is 0.115. The van der Waals surface area contributed by atoms with E-state index in [9.17, 15) is 13.2 Å². The lowest BCUT2D eigenvalue weighted by Crippen LogP contribution is -2.39. The zero-order valence-corrected chi connectivity index (χ0v) is 23.1. The van der Waals surface area contributed by atoms with Gasteiger partial charge in [0.15, 0.2) is 0 Å². The second kappa shape index (κ2) is 11.1. The van der Waals surface area contributed by atoms with Gasteiger partial charge >= 0.3 is 0 Å². The molecule has 0 fully saturated rings. The molecule has 0 saturated carbocycles. The van der Waals surface area contributed by atoms with Gasteiger partial charge in [0.05, 0.1) is 16.8 Å². The molecule has 0 unspecified atom stereocenters. The quantitative estimate of drug-likeness (QED) is 0.247. The Bertz CT molecular complexity index is 1600. The number of amides is 1. The third-order valence-corrected chi connectivity index (χ3v) is 8.19. The highest BCUT2D eigenvalue weighted by Gasteiger charge is 2.27. The van der Waals surface area contributed by atoms with Crippen LogP contribution in [0.2, 0.25) is 0 Å². The van der Waals surface area contributed by atoms with Crippen molar-refractivity contribution in [3.05, 3.63) is 113 Å². The molecule has 0 aliphatic rings. The first-order valence-electron chi connectivity index (χ1n) is 12.3. The first-order chi connectivity index (χ1) is 18.1. The average Bonchev–Trinajstić information content (AvgIpc) is 3.15. The number of hydrazone groups is 1. The van der Waals surface area contributed by atoms with Crippen LogP contribution in [0.1, 0.15) is 33.6 Å². The number of rotatable bonds is 8. The van der Waals surface area contributed by atoms with Crippen LogP contribution in [0, 0.1) is 34.6 Å². The summed E-state index contributed by atoms with van der Waals surface area (Å²) in [7, 11) is -3.99. The number of nitrogens with zero attached hydrogens (tertiary/aromatic N) is 3. The average molecular weight is 529 g/mol. The van der Waals surface area contributed by atoms with Crippen molar-refractivity contribution in [1.29, 1.82) is 0 Å². The van der Waals surface area contributed by atoms with E-state index in [0.717, 1.165) is 43.6 Å². The van der Waals surface area contributed by atoms with Crippen molar-refractivity contribution in [2.75, 3.05) is 10.8 Å². The molecular weight excluding hydrogens is 496 g/mol. The second-order valence-electron chi connectivity index (χ2n) is 9.41. The van der Waals surface area contributed by atoms with E-state index < -0.39 is 22.5 Å². The van der Waals surface area contributed by atoms with Crippen molar-refractivity contribution in [3.63, 3.8) is 0 Å². The number of benzene rings is 3. The van der Waals surface area contributed by atoms with Crippen LogP contribution in [0.3, 0.4) is 0 Å². The van der Waals surface area contributed by atoms with E-state index in [0.29, 0.717) is 5.69 Å². The van der Waals surface area contributed by atoms with Crippen molar-refractivity contribution in [2.45, 2.75) is 39.5 Å². The van der Waals surface area contributed by atoms with Crippen molar-refractivity contribution in [1.82, 2.24) is 9.99 Å². The minimum atomic E-state index is -3.99. The Labute approximate surface area is 224 Å². The molecule has 0 bridgehead atoms. The van der Waals surface area contributed by atoms with Crippen molar-refractivity contribution in [3.8, 4) is 5.69 Å². The van der Waals surface area contributed by atoms with Crippen LogP contribution in [0.15, 0.2) is 88.9 Å². The lowest BCUT2D eigenvalue weighted by Gasteiger charge is -2.24. The summed E-state index contributed by atoms with van der Waals surface area (Å²) in [5, 5.41) is 4.14. The molecule has 1 heterocycles. The maximum absolute atomic E-state index is 13.5. The van der Waals surface area contributed by atoms with Crippen LogP contribution < -0.4 is 9.73 Å². The highest BCUT2D eigenvalue weighted by molar-refractivity contribution is 7.92. The van der Waals surface area contributed by atoms with Crippen LogP contribution in [0.5, 0.6) is 0 Å². The van der Waals surface area contributed by atoms with Crippen LogP contribution >= 0.6 is 0 Å². The molecule has 38 heavy (non-hydrogen) atoms. The van der Waals surface area contributed by atoms with Gasteiger partial charge in [-0.25, -0.2) is 13.8 Å². The first-order valence-corrected chi connectivity index (χ1v) is 13.7. The maximum Gasteiger partial charge on any atom is 0.264 e. The van der Waals surface area contributed by atoms with Gasteiger partial charge < -0.3 is 4.57 Å². The highest BCUT2D eigenvalue weighted by Crippen LogP contribution is 2.25. The number of aromatic nitrogens is 1. The maximum atomic E-state index is 13.5. The number of sulfonamides is 1. The normalized spacial score (nSPS) is 11.6. The van der Waals surface area contributed by atoms with E-state index >= 15 is 0 Å². The summed E-state index contributed by atoms with van der Waals surface area (Å²) in [5.41, 5.74) is 9.85. The van der Waals surface area contributed by atoms with Crippen LogP contribution in [0.25, 0.3) is 5.69 Å². The summed E-state index contributed by atoms with van der Waals surface area (Å²) >= 11 is 0. The third-order valence-electron chi connectivity index (χ3n) is 6.41. The number of anilines is 1. The SMILES string of the molecule is Cc1ccc(S(=O)(=O)N(CC(=O)N/N=C\c2cc(C)n(-c3ccccc3C)c2C)c2cccc(C)c2)cc1. The Morgan fingerprint density at radius 3 is 2.29 bits per heavy atom. The van der Waals surface area contributed by atoms with Gasteiger partial charge in [-0.1, -0.05) is 48.0 Å². The number of aryl methyl sites for hydroxylation is 4. The summed E-state index contributed by atoms with van der Waals surface area (Å²) in [6.07, 6.45) is 1.58. The third kappa shape index (κ3) is 5.70. The Kier molecular flexibility index (Phi) is 7.83. The number of carbonyl (C=O) groups is 1. The highest BCUT2D eigenvalue weighted by atomic mass is 32.2. The Hall–Kier alpha value is -4.17. The molecule has 4 aromatic rings. The van der Waals surface area contributed by atoms with Gasteiger partial charge in [0.2, 0.25) is 0 Å². The number of carbonyl (C=O) groups excluding carboxylic acids is 1. The standard InChI is InChI=1S/C30H32N4O3S/c1-21-13-15-28(16-14-21)38(36,37)33(27-11-8-9-22(2)17-27)20-30(35)32-31-19-26-18-24(4)34(25(26)5)29-12-7-6-10-23(29)3/h6-19H,20H2,1-5H3,(H,32,35)/b31-19-. The molecule has 7 nitrogen and oxygen atoms in total. The Balaban J connectivity index is 1.56. The zero-order valence-electron chi connectivity index (χ0n) is 22.3. The fraction of sp³-hybridized carbons (Fsp3) is 0.200. The monoisotopic (exact) mass is 528 g/mol. The predicted octanol–water partition coefficient (Wildman–Crippen LogP) is 5.37. The molecular formula is C30H32N4O3S. The summed E-state index contributed by atoms with van der Waals surface area (Å²) in [5.74, 6) is -0.550. The lowest BCUT2D eigenvalue weighted by molar-refractivity contribution is -0.119. The Morgan fingerprint density at radius 2 is 1.61 bits per heavy atom. The lowest BCUT2D eigenvalue weighted by atomic mass is 10.2. The predicted molar refractivity (Wildman–Crippen MR) is 153 cm³/mol. The van der Waals surface area contributed by atoms with Crippen molar-refractivity contribution < 1.29 is 13.2 Å². The molecule has 3 aromatic carbocycles. The smallest absolute Gasteiger partial charge is 0.264 e. The summed E-state index contributed by atoms with van der Waals surface area (Å²) < 4.78 is 30.3. The molecule has 0 atom stereocenters. The van der Waals surface area contributed by atoms with E-state index in [2.05, 4.69) is 34.2 Å². The van der Waals surface area contributed by atoms with E-state index in [4.69, 9.17) is 0 Å². The first kappa shape index (κ1) is 26.9. The molecule has 196 valence electrons. The van der Waals surface area contributed by atoms with Gasteiger partial charge in [0.1, 0.15) is 6.54 Å². The largest absolute Gasteiger partial charge is 0.318 e. The zero-order chi connectivity index (χ0) is 27.4.